The summed E-state index contributed by atoms with van der Waals surface area (Å²) in [6.45, 7) is -0.186. The largest absolute Gasteiger partial charge is 0.458 e. The van der Waals surface area contributed by atoms with Crippen LogP contribution in [-0.2, 0) is 0 Å². The lowest BCUT2D eigenvalue weighted by Gasteiger charge is -2.42. The van der Waals surface area contributed by atoms with Gasteiger partial charge in [0.2, 0.25) is 0 Å². The van der Waals surface area contributed by atoms with Gasteiger partial charge in [-0.25, -0.2) is 0 Å². The van der Waals surface area contributed by atoms with E-state index in [1.165, 1.54) is 42.9 Å². The summed E-state index contributed by atoms with van der Waals surface area (Å²) in [4.78, 5) is 7.29. The summed E-state index contributed by atoms with van der Waals surface area (Å²) in [5, 5.41) is 0. The highest BCUT2D eigenvalue weighted by atomic mass is 32.2. The van der Waals surface area contributed by atoms with Gasteiger partial charge in [-0.1, -0.05) is 199 Å². The zero-order valence-corrected chi connectivity index (χ0v) is 40.3. The monoisotopic (exact) mass is 948 g/mol. The van der Waals surface area contributed by atoms with Crippen molar-refractivity contribution in [1.82, 2.24) is 0 Å². The molecule has 0 saturated carbocycles. The minimum absolute atomic E-state index is 0.0449. The molecule has 0 bridgehead atoms. The molecule has 0 fully saturated rings. The van der Waals surface area contributed by atoms with Crippen LogP contribution < -0.4 is 52.1 Å². The van der Waals surface area contributed by atoms with Crippen molar-refractivity contribution < 1.29 is 9.47 Å². The van der Waals surface area contributed by atoms with E-state index in [1.54, 1.807) is 0 Å². The predicted octanol–water partition coefficient (Wildman–Crippen LogP) is 13.6. The molecule has 4 aliphatic rings. The lowest BCUT2D eigenvalue weighted by Crippen LogP contribution is -2.62. The molecule has 11 aromatic carbocycles. The molecule has 0 radical (unpaired) electrons. The summed E-state index contributed by atoms with van der Waals surface area (Å²) < 4.78 is 14.7. The Bertz CT molecular complexity index is 3950. The SMILES string of the molecule is c1ccc(-c2ccccc2-c2cc3c4c(c2)Sc2ccccc2B4c2cc4c(cc2O3)Oc2cc(N(c3ccccc3)c3ccccc3)cc3c2B4c2ccccc2N3c2ccccc2-c2ccccc2)cc1. The number of fused-ring (bicyclic) bond motifs is 8. The molecule has 4 aliphatic heterocycles. The summed E-state index contributed by atoms with van der Waals surface area (Å²) in [7, 11) is 0. The minimum Gasteiger partial charge on any atom is -0.458 e. The second-order valence-electron chi connectivity index (χ2n) is 19.1. The number of nitrogens with zero attached hydrogens (tertiary/aromatic N) is 2. The molecule has 0 amide bonds. The van der Waals surface area contributed by atoms with Crippen molar-refractivity contribution in [1.29, 1.82) is 0 Å². The Morgan fingerprint density at radius 3 is 1.49 bits per heavy atom. The molecule has 0 aliphatic carbocycles. The van der Waals surface area contributed by atoms with Crippen LogP contribution in [0.25, 0.3) is 33.4 Å². The molecule has 11 aromatic rings. The third-order valence-corrected chi connectivity index (χ3v) is 16.2. The molecular formula is C66H42B2N2O2S. The third kappa shape index (κ3) is 6.73. The maximum absolute atomic E-state index is 7.45. The highest BCUT2D eigenvalue weighted by molar-refractivity contribution is 8.00. The Balaban J connectivity index is 0.956. The van der Waals surface area contributed by atoms with Gasteiger partial charge in [0.1, 0.15) is 23.0 Å². The summed E-state index contributed by atoms with van der Waals surface area (Å²) in [6, 6.07) is 92.0. The predicted molar refractivity (Wildman–Crippen MR) is 305 cm³/mol. The van der Waals surface area contributed by atoms with Gasteiger partial charge in [-0.05, 0) is 116 Å². The molecule has 73 heavy (non-hydrogen) atoms. The van der Waals surface area contributed by atoms with Crippen LogP contribution in [0.15, 0.2) is 265 Å². The van der Waals surface area contributed by atoms with Crippen LogP contribution in [-0.4, -0.2) is 13.4 Å². The van der Waals surface area contributed by atoms with Gasteiger partial charge >= 0.3 is 0 Å². The number of para-hydroxylation sites is 4. The zero-order chi connectivity index (χ0) is 48.0. The highest BCUT2D eigenvalue weighted by Crippen LogP contribution is 2.49. The molecular weight excluding hydrogens is 906 g/mol. The van der Waals surface area contributed by atoms with Gasteiger partial charge in [-0.2, -0.15) is 0 Å². The summed E-state index contributed by atoms with van der Waals surface area (Å²) in [5.74, 6) is 3.31. The van der Waals surface area contributed by atoms with E-state index in [2.05, 4.69) is 265 Å². The number of benzene rings is 11. The lowest BCUT2D eigenvalue weighted by atomic mass is 9.31. The van der Waals surface area contributed by atoms with Crippen molar-refractivity contribution >= 4 is 92.1 Å². The zero-order valence-electron chi connectivity index (χ0n) is 39.5. The maximum atomic E-state index is 7.45. The second kappa shape index (κ2) is 16.9. The van der Waals surface area contributed by atoms with E-state index in [-0.39, 0.29) is 13.4 Å². The number of anilines is 6. The Hall–Kier alpha value is -8.90. The van der Waals surface area contributed by atoms with Crippen LogP contribution in [0.5, 0.6) is 23.0 Å². The maximum Gasteiger partial charge on any atom is 0.256 e. The van der Waals surface area contributed by atoms with Crippen LogP contribution in [0.4, 0.5) is 34.1 Å². The highest BCUT2D eigenvalue weighted by Gasteiger charge is 2.46. The third-order valence-electron chi connectivity index (χ3n) is 15.0. The number of ether oxygens (including phenoxy) is 2. The first-order valence-corrected chi connectivity index (χ1v) is 25.8. The minimum atomic E-state index is -0.141. The van der Waals surface area contributed by atoms with Crippen LogP contribution in [0.3, 0.4) is 0 Å². The van der Waals surface area contributed by atoms with Crippen molar-refractivity contribution in [2.45, 2.75) is 9.79 Å². The van der Waals surface area contributed by atoms with Crippen molar-refractivity contribution in [2.75, 3.05) is 9.80 Å². The number of hydrogen-bond acceptors (Lipinski definition) is 5. The molecule has 7 heteroatoms. The van der Waals surface area contributed by atoms with Crippen LogP contribution in [0.2, 0.25) is 0 Å². The Morgan fingerprint density at radius 2 is 0.822 bits per heavy atom. The second-order valence-corrected chi connectivity index (χ2v) is 20.2. The van der Waals surface area contributed by atoms with E-state index in [0.717, 1.165) is 90.2 Å². The average molecular weight is 949 g/mol. The first-order valence-electron chi connectivity index (χ1n) is 25.0. The number of rotatable bonds is 7. The molecule has 0 saturated heterocycles. The first kappa shape index (κ1) is 41.8. The standard InChI is InChI=1S/C66H42B2N2O2S/c1-5-21-43(22-6-1)49-29-13-14-30-50(49)45-37-61-66-64(38-45)73-63-36-20-17-33-53(63)68(66)55-41-54-59(42-60(55)71-61)72-62-40-48(69(46-25-9-3-10-26-46)47-27-11-4-12-28-47)39-58-65(62)67(54)52-32-16-19-35-57(52)70(58)56-34-18-15-31-51(56)44-23-7-2-8-24-44/h1-42H. The molecule has 4 nitrogen and oxygen atoms in total. The van der Waals surface area contributed by atoms with E-state index in [0.29, 0.717) is 0 Å². The van der Waals surface area contributed by atoms with Crippen molar-refractivity contribution in [3.05, 3.63) is 255 Å². The molecule has 0 atom stereocenters. The Labute approximate surface area is 429 Å². The number of hydrogen-bond donors (Lipinski definition) is 0. The molecule has 0 spiro atoms. The summed E-state index contributed by atoms with van der Waals surface area (Å²) >= 11 is 1.84. The topological polar surface area (TPSA) is 24.9 Å². The van der Waals surface area contributed by atoms with Gasteiger partial charge < -0.3 is 19.3 Å². The van der Waals surface area contributed by atoms with Crippen molar-refractivity contribution in [3.63, 3.8) is 0 Å². The van der Waals surface area contributed by atoms with Crippen molar-refractivity contribution in [2.24, 2.45) is 0 Å². The fraction of sp³-hybridized carbons (Fsp3) is 0. The molecule has 0 N–H and O–H groups in total. The van der Waals surface area contributed by atoms with E-state index in [4.69, 9.17) is 9.47 Å². The molecule has 4 heterocycles. The smallest absolute Gasteiger partial charge is 0.256 e. The molecule has 15 rings (SSSR count). The van der Waals surface area contributed by atoms with Crippen LogP contribution >= 0.6 is 11.8 Å². The average Bonchev–Trinajstić information content (AvgIpc) is 3.46. The van der Waals surface area contributed by atoms with Gasteiger partial charge in [0.25, 0.3) is 13.4 Å². The van der Waals surface area contributed by atoms with E-state index in [9.17, 15) is 0 Å². The van der Waals surface area contributed by atoms with Gasteiger partial charge in [0.15, 0.2) is 0 Å². The van der Waals surface area contributed by atoms with Gasteiger partial charge in [0.05, 0.1) is 11.4 Å². The Morgan fingerprint density at radius 1 is 0.315 bits per heavy atom. The Kier molecular flexibility index (Phi) is 9.67. The van der Waals surface area contributed by atoms with Gasteiger partial charge in [-0.3, -0.25) is 0 Å². The fourth-order valence-corrected chi connectivity index (χ4v) is 13.1. The van der Waals surface area contributed by atoms with Crippen LogP contribution in [0.1, 0.15) is 0 Å². The quantitative estimate of drug-likeness (QED) is 0.148. The normalized spacial score (nSPS) is 13.0. The molecule has 0 aromatic heterocycles. The lowest BCUT2D eigenvalue weighted by molar-refractivity contribution is 0.465. The fourth-order valence-electron chi connectivity index (χ4n) is 11.9. The van der Waals surface area contributed by atoms with Crippen LogP contribution in [0, 0.1) is 0 Å². The molecule has 340 valence electrons. The summed E-state index contributed by atoms with van der Waals surface area (Å²) in [5.41, 5.74) is 20.5. The molecule has 0 unspecified atom stereocenters. The van der Waals surface area contributed by atoms with E-state index < -0.39 is 0 Å². The van der Waals surface area contributed by atoms with E-state index in [1.807, 2.05) is 11.8 Å². The van der Waals surface area contributed by atoms with E-state index >= 15 is 0 Å². The van der Waals surface area contributed by atoms with Gasteiger partial charge in [0, 0.05) is 50.2 Å². The van der Waals surface area contributed by atoms with Crippen molar-refractivity contribution in [3.8, 4) is 56.4 Å². The first-order chi connectivity index (χ1) is 36.2. The van der Waals surface area contributed by atoms with Gasteiger partial charge in [-0.15, -0.1) is 0 Å². The summed E-state index contributed by atoms with van der Waals surface area (Å²) in [6.07, 6.45) is 0.